The van der Waals surface area contributed by atoms with Gasteiger partial charge in [-0.15, -0.1) is 0 Å². The molecule has 0 saturated heterocycles. The molecule has 5 atom stereocenters. The molecule has 0 aromatic rings. The highest BCUT2D eigenvalue weighted by Gasteiger charge is 2.30. The van der Waals surface area contributed by atoms with E-state index in [4.69, 9.17) is 37.0 Å². The number of ether oxygens (including phenoxy) is 4. The summed E-state index contributed by atoms with van der Waals surface area (Å²) in [5, 5.41) is 10.6. The average molecular weight is 1520 g/mol. The number of esters is 4. The molecule has 0 amide bonds. The number of rotatable bonds is 73. The van der Waals surface area contributed by atoms with Crippen LogP contribution in [0, 0.1) is 0 Å². The maximum absolute atomic E-state index is 13.1. The molecule has 0 spiro atoms. The second-order valence-electron chi connectivity index (χ2n) is 25.9. The highest BCUT2D eigenvalue weighted by atomic mass is 31.2. The molecule has 0 aromatic carbocycles. The monoisotopic (exact) mass is 1520 g/mol. The second kappa shape index (κ2) is 77.3. The zero-order chi connectivity index (χ0) is 77.4. The Morgan fingerprint density at radius 3 is 0.755 bits per heavy atom. The quantitative estimate of drug-likeness (QED) is 0.0169. The number of carbonyl (C=O) groups excluding carboxylic acids is 4. The number of allylic oxidation sites excluding steroid dienone is 30. The Morgan fingerprint density at radius 1 is 0.274 bits per heavy atom. The van der Waals surface area contributed by atoms with Gasteiger partial charge >= 0.3 is 39.5 Å². The van der Waals surface area contributed by atoms with Gasteiger partial charge in [-0.05, 0) is 141 Å². The van der Waals surface area contributed by atoms with Crippen LogP contribution in [0.1, 0.15) is 285 Å². The van der Waals surface area contributed by atoms with E-state index < -0.39 is 97.5 Å². The first-order chi connectivity index (χ1) is 51.7. The summed E-state index contributed by atoms with van der Waals surface area (Å²) in [6.07, 6.45) is 93.2. The number of unbranched alkanes of at least 4 members (excludes halogenated alkanes) is 17. The van der Waals surface area contributed by atoms with Crippen molar-refractivity contribution in [2.75, 3.05) is 39.6 Å². The minimum absolute atomic E-state index is 0.00374. The topological polar surface area (TPSA) is 237 Å². The predicted octanol–water partition coefficient (Wildman–Crippen LogP) is 23.6. The van der Waals surface area contributed by atoms with E-state index in [2.05, 4.69) is 174 Å². The molecular weight excluding hydrogens is 1380 g/mol. The first-order valence-electron chi connectivity index (χ1n) is 40.0. The smallest absolute Gasteiger partial charge is 0.462 e. The maximum Gasteiger partial charge on any atom is 0.472 e. The molecule has 106 heavy (non-hydrogen) atoms. The molecule has 0 rings (SSSR count). The summed E-state index contributed by atoms with van der Waals surface area (Å²) in [4.78, 5) is 73.0. The highest BCUT2D eigenvalue weighted by Crippen LogP contribution is 2.45. The van der Waals surface area contributed by atoms with Gasteiger partial charge in [0.15, 0.2) is 12.2 Å². The van der Waals surface area contributed by atoms with E-state index in [1.54, 1.807) is 0 Å². The summed E-state index contributed by atoms with van der Waals surface area (Å²) in [7, 11) is -10.0. The summed E-state index contributed by atoms with van der Waals surface area (Å²) in [6, 6.07) is 0. The van der Waals surface area contributed by atoms with Crippen molar-refractivity contribution in [3.05, 3.63) is 182 Å². The van der Waals surface area contributed by atoms with Gasteiger partial charge in [-0.1, -0.05) is 300 Å². The van der Waals surface area contributed by atoms with Crippen molar-refractivity contribution < 1.29 is 80.2 Å². The van der Waals surface area contributed by atoms with Crippen molar-refractivity contribution in [1.29, 1.82) is 0 Å². The molecule has 3 N–H and O–H groups in total. The zero-order valence-corrected chi connectivity index (χ0v) is 67.3. The lowest BCUT2D eigenvalue weighted by atomic mass is 10.0. The molecule has 5 unspecified atom stereocenters. The number of phosphoric ester groups is 2. The number of aliphatic hydroxyl groups excluding tert-OH is 1. The van der Waals surface area contributed by atoms with Crippen molar-refractivity contribution in [3.8, 4) is 0 Å². The molecule has 0 saturated carbocycles. The number of phosphoric acid groups is 2. The third kappa shape index (κ3) is 76.4. The molecule has 17 nitrogen and oxygen atoms in total. The molecule has 0 heterocycles. The SMILES string of the molecule is CC/C=C\C/C=C\C/C=C\C/C=C\C/C=C\CCCC(=O)OCC(COP(=O)(O)OCC(O)COP(=O)(O)OCC(COC(=O)CCC/C=C\C/C=C\C/C=C\C/C=C\C/C=C\CC)OC(=O)CCCCCCCCCCCCCCCCC)OC(=O)CCC/C=C\C/C=C\C/C=C\C/C=C\C/C=C\CC. The molecule has 0 aliphatic rings. The van der Waals surface area contributed by atoms with Crippen LogP contribution in [0.5, 0.6) is 0 Å². The maximum atomic E-state index is 13.1. The van der Waals surface area contributed by atoms with Gasteiger partial charge in [-0.2, -0.15) is 0 Å². The first kappa shape index (κ1) is 100. The third-order valence-electron chi connectivity index (χ3n) is 15.9. The van der Waals surface area contributed by atoms with Gasteiger partial charge in [-0.25, -0.2) is 9.13 Å². The summed E-state index contributed by atoms with van der Waals surface area (Å²) in [6.45, 7) is 4.33. The lowest BCUT2D eigenvalue weighted by Gasteiger charge is -2.21. The minimum Gasteiger partial charge on any atom is -0.462 e. The molecule has 600 valence electrons. The van der Waals surface area contributed by atoms with Crippen molar-refractivity contribution in [3.63, 3.8) is 0 Å². The third-order valence-corrected chi connectivity index (χ3v) is 17.8. The van der Waals surface area contributed by atoms with Crippen molar-refractivity contribution in [2.45, 2.75) is 303 Å². The van der Waals surface area contributed by atoms with Gasteiger partial charge in [-0.3, -0.25) is 37.3 Å². The Kier molecular flexibility index (Phi) is 73.1. The van der Waals surface area contributed by atoms with Crippen molar-refractivity contribution in [1.82, 2.24) is 0 Å². The van der Waals surface area contributed by atoms with E-state index in [0.717, 1.165) is 122 Å². The number of carbonyl (C=O) groups is 4. The number of hydrogen-bond donors (Lipinski definition) is 3. The molecule has 0 aliphatic heterocycles. The summed E-state index contributed by atoms with van der Waals surface area (Å²) >= 11 is 0. The van der Waals surface area contributed by atoms with E-state index >= 15 is 0 Å². The van der Waals surface area contributed by atoms with Gasteiger partial charge in [0.2, 0.25) is 0 Å². The van der Waals surface area contributed by atoms with E-state index in [1.165, 1.54) is 64.2 Å². The van der Waals surface area contributed by atoms with Crippen LogP contribution in [0.25, 0.3) is 0 Å². The van der Waals surface area contributed by atoms with Crippen molar-refractivity contribution >= 4 is 39.5 Å². The summed E-state index contributed by atoms with van der Waals surface area (Å²) < 4.78 is 68.5. The normalized spacial score (nSPS) is 14.8. The van der Waals surface area contributed by atoms with Crippen LogP contribution in [0.3, 0.4) is 0 Å². The molecule has 0 aromatic heterocycles. The number of aliphatic hydroxyl groups is 1. The van der Waals surface area contributed by atoms with Gasteiger partial charge < -0.3 is 33.8 Å². The van der Waals surface area contributed by atoms with Crippen LogP contribution in [-0.4, -0.2) is 96.7 Å². The number of hydrogen-bond acceptors (Lipinski definition) is 15. The Labute approximate surface area is 641 Å². The molecule has 0 aliphatic carbocycles. The van der Waals surface area contributed by atoms with Crippen LogP contribution >= 0.6 is 15.6 Å². The molecular formula is C87H140O17P2. The summed E-state index contributed by atoms with van der Waals surface area (Å²) in [5.74, 6) is -2.39. The Bertz CT molecular complexity index is 2730. The van der Waals surface area contributed by atoms with Crippen LogP contribution in [0.2, 0.25) is 0 Å². The standard InChI is InChI=1S/C87H140O17P2/c1-5-9-13-17-21-25-29-33-37-40-44-47-51-55-59-63-67-71-84(89)97-77-82(103-86(91)73-69-65-61-57-53-49-43-36-32-28-24-20-16-12-8-4)79-101-105(93,94)99-75-81(88)76-100-106(95,96)102-80-83(104-87(92)74-70-66-62-58-54-50-46-42-39-35-31-27-23-19-15-11-7-3)78-98-85(90)72-68-64-60-56-52-48-45-41-38-34-30-26-22-18-14-10-6-2/h9-11,13-15,21-23,25-27,33-35,37-39,44-48,50,55-56,58-60,62,81-83,88H,5-8,12,16-20,24,28-32,36,40-43,49,51-54,57,61,63-80H2,1-4H3,(H,93,94)(H,95,96)/b13-9-,14-10-,15-11-,25-21-,26-22-,27-23-,37-33-,38-34-,39-35-,47-44-,48-45-,50-46-,59-55-,60-56-,62-58-. The van der Waals surface area contributed by atoms with Crippen LogP contribution in [-0.2, 0) is 65.4 Å². The molecule has 0 radical (unpaired) electrons. The zero-order valence-electron chi connectivity index (χ0n) is 65.5. The Hall–Kier alpha value is -5.84. The van der Waals surface area contributed by atoms with Gasteiger partial charge in [0.05, 0.1) is 26.4 Å². The summed E-state index contributed by atoms with van der Waals surface area (Å²) in [5.41, 5.74) is 0. The van der Waals surface area contributed by atoms with Gasteiger partial charge in [0.25, 0.3) is 0 Å². The van der Waals surface area contributed by atoms with Crippen LogP contribution in [0.15, 0.2) is 182 Å². The van der Waals surface area contributed by atoms with Crippen LogP contribution in [0.4, 0.5) is 0 Å². The first-order valence-corrected chi connectivity index (χ1v) is 43.0. The fraction of sp³-hybridized carbons (Fsp3) is 0.609. The van der Waals surface area contributed by atoms with Crippen LogP contribution < -0.4 is 0 Å². The largest absolute Gasteiger partial charge is 0.472 e. The highest BCUT2D eigenvalue weighted by molar-refractivity contribution is 7.47. The van der Waals surface area contributed by atoms with E-state index in [9.17, 15) is 43.2 Å². The fourth-order valence-corrected chi connectivity index (χ4v) is 11.5. The van der Waals surface area contributed by atoms with E-state index in [0.29, 0.717) is 44.9 Å². The van der Waals surface area contributed by atoms with E-state index in [1.807, 2.05) is 36.5 Å². The fourth-order valence-electron chi connectivity index (χ4n) is 9.91. The van der Waals surface area contributed by atoms with E-state index in [-0.39, 0.29) is 25.7 Å². The minimum atomic E-state index is -5.02. The average Bonchev–Trinajstić information content (AvgIpc) is 0.902. The van der Waals surface area contributed by atoms with Gasteiger partial charge in [0.1, 0.15) is 19.3 Å². The van der Waals surface area contributed by atoms with Crippen molar-refractivity contribution in [2.24, 2.45) is 0 Å². The molecule has 0 fully saturated rings. The molecule has 0 bridgehead atoms. The lowest BCUT2D eigenvalue weighted by Crippen LogP contribution is -2.30. The second-order valence-corrected chi connectivity index (χ2v) is 28.8. The lowest BCUT2D eigenvalue weighted by molar-refractivity contribution is -0.161. The predicted molar refractivity (Wildman–Crippen MR) is 436 cm³/mol. The van der Waals surface area contributed by atoms with Gasteiger partial charge in [0, 0.05) is 25.7 Å². The molecule has 19 heteroatoms. The Morgan fingerprint density at radius 2 is 0.491 bits per heavy atom. The Balaban J connectivity index is 5.53.